The molecule has 32 heavy (non-hydrogen) atoms. The quantitative estimate of drug-likeness (QED) is 0.521. The molecule has 7 heteroatoms. The molecule has 0 bridgehead atoms. The predicted molar refractivity (Wildman–Crippen MR) is 121 cm³/mol. The number of hydrogen-bond donors (Lipinski definition) is 3. The minimum Gasteiger partial charge on any atom is -0.481 e. The molecule has 0 saturated heterocycles. The van der Waals surface area contributed by atoms with E-state index in [-0.39, 0.29) is 49.8 Å². The topological polar surface area (TPSA) is 105 Å². The molecule has 2 unspecified atom stereocenters. The van der Waals surface area contributed by atoms with Crippen LogP contribution in [0.5, 0.6) is 0 Å². The predicted octanol–water partition coefficient (Wildman–Crippen LogP) is 3.92. The van der Waals surface area contributed by atoms with Crippen molar-refractivity contribution < 1.29 is 24.2 Å². The van der Waals surface area contributed by atoms with Crippen LogP contribution in [0.25, 0.3) is 11.1 Å². The lowest BCUT2D eigenvalue weighted by Gasteiger charge is -2.19. The maximum atomic E-state index is 12.4. The van der Waals surface area contributed by atoms with Gasteiger partial charge in [0.15, 0.2) is 0 Å². The molecule has 2 amide bonds. The number of carboxylic acid groups (broad SMARTS) is 1. The molecule has 170 valence electrons. The van der Waals surface area contributed by atoms with Gasteiger partial charge in [-0.15, -0.1) is 0 Å². The molecule has 3 rings (SSSR count). The van der Waals surface area contributed by atoms with E-state index >= 15 is 0 Å². The summed E-state index contributed by atoms with van der Waals surface area (Å²) in [5, 5.41) is 14.3. The summed E-state index contributed by atoms with van der Waals surface area (Å²) in [5.74, 6) is -1.30. The third-order valence-electron chi connectivity index (χ3n) is 5.76. The van der Waals surface area contributed by atoms with E-state index in [0.717, 1.165) is 22.3 Å². The fourth-order valence-electron chi connectivity index (χ4n) is 4.06. The van der Waals surface area contributed by atoms with Gasteiger partial charge < -0.3 is 20.5 Å². The number of alkyl carbamates (subject to hydrolysis) is 1. The molecule has 2 aromatic rings. The van der Waals surface area contributed by atoms with Gasteiger partial charge in [-0.2, -0.15) is 0 Å². The Morgan fingerprint density at radius 2 is 1.59 bits per heavy atom. The largest absolute Gasteiger partial charge is 0.481 e. The van der Waals surface area contributed by atoms with Crippen LogP contribution in [0.1, 0.15) is 50.2 Å². The first-order valence-electron chi connectivity index (χ1n) is 11.0. The summed E-state index contributed by atoms with van der Waals surface area (Å²) in [6.45, 7) is 4.15. The molecule has 0 spiro atoms. The third kappa shape index (κ3) is 5.87. The van der Waals surface area contributed by atoms with Crippen molar-refractivity contribution in [1.82, 2.24) is 10.6 Å². The van der Waals surface area contributed by atoms with Gasteiger partial charge in [0.1, 0.15) is 6.61 Å². The van der Waals surface area contributed by atoms with Gasteiger partial charge in [-0.3, -0.25) is 9.59 Å². The minimum absolute atomic E-state index is 0.00448. The lowest BCUT2D eigenvalue weighted by Crippen LogP contribution is -2.40. The summed E-state index contributed by atoms with van der Waals surface area (Å²) in [7, 11) is 0. The molecule has 0 fully saturated rings. The molecule has 0 aromatic heterocycles. The highest BCUT2D eigenvalue weighted by molar-refractivity contribution is 5.79. The second-order valence-electron chi connectivity index (χ2n) is 8.29. The Balaban J connectivity index is 1.51. The standard InChI is InChI=1S/C25H30N2O5/c1-3-17(13-23(28)26-14-16(2)12-24(29)30)27-25(31)32-15-22-20-10-6-4-8-18(20)19-9-5-7-11-21(19)22/h4-11,16-17,22H,3,12-15H2,1-2H3,(H,26,28)(H,27,31)(H,29,30). The van der Waals surface area contributed by atoms with Crippen LogP contribution in [-0.2, 0) is 14.3 Å². The van der Waals surface area contributed by atoms with E-state index in [0.29, 0.717) is 6.42 Å². The Kier molecular flexibility index (Phi) is 7.87. The fourth-order valence-corrected chi connectivity index (χ4v) is 4.06. The zero-order valence-corrected chi connectivity index (χ0v) is 18.5. The van der Waals surface area contributed by atoms with E-state index in [1.807, 2.05) is 31.2 Å². The Morgan fingerprint density at radius 1 is 1.00 bits per heavy atom. The number of amides is 2. The Labute approximate surface area is 188 Å². The number of hydrogen-bond acceptors (Lipinski definition) is 4. The van der Waals surface area contributed by atoms with Crippen molar-refractivity contribution >= 4 is 18.0 Å². The Bertz CT molecular complexity index is 929. The average Bonchev–Trinajstić information content (AvgIpc) is 3.09. The molecule has 0 radical (unpaired) electrons. The van der Waals surface area contributed by atoms with Crippen molar-refractivity contribution in [2.24, 2.45) is 5.92 Å². The van der Waals surface area contributed by atoms with Crippen molar-refractivity contribution in [2.75, 3.05) is 13.2 Å². The molecular weight excluding hydrogens is 408 g/mol. The van der Waals surface area contributed by atoms with Crippen LogP contribution in [0.15, 0.2) is 48.5 Å². The van der Waals surface area contributed by atoms with Crippen molar-refractivity contribution in [3.8, 4) is 11.1 Å². The lowest BCUT2D eigenvalue weighted by atomic mass is 9.98. The number of carbonyl (C=O) groups excluding carboxylic acids is 2. The van der Waals surface area contributed by atoms with Gasteiger partial charge in [-0.25, -0.2) is 4.79 Å². The zero-order chi connectivity index (χ0) is 23.1. The smallest absolute Gasteiger partial charge is 0.407 e. The minimum atomic E-state index is -0.893. The Morgan fingerprint density at radius 3 is 2.16 bits per heavy atom. The number of aliphatic carboxylic acids is 1. The summed E-state index contributed by atoms with van der Waals surface area (Å²) in [5.41, 5.74) is 4.61. The van der Waals surface area contributed by atoms with Gasteiger partial charge >= 0.3 is 12.1 Å². The molecule has 0 heterocycles. The van der Waals surface area contributed by atoms with Crippen molar-refractivity contribution in [3.63, 3.8) is 0 Å². The summed E-state index contributed by atoms with van der Waals surface area (Å²) < 4.78 is 5.55. The van der Waals surface area contributed by atoms with Crippen molar-refractivity contribution in [2.45, 2.75) is 45.1 Å². The van der Waals surface area contributed by atoms with Gasteiger partial charge in [-0.1, -0.05) is 62.4 Å². The number of carbonyl (C=O) groups is 3. The van der Waals surface area contributed by atoms with Gasteiger partial charge in [-0.05, 0) is 34.6 Å². The van der Waals surface area contributed by atoms with E-state index < -0.39 is 12.1 Å². The van der Waals surface area contributed by atoms with E-state index in [4.69, 9.17) is 9.84 Å². The SMILES string of the molecule is CCC(CC(=O)NCC(C)CC(=O)O)NC(=O)OCC1c2ccccc2-c2ccccc21. The summed E-state index contributed by atoms with van der Waals surface area (Å²) >= 11 is 0. The summed E-state index contributed by atoms with van der Waals surface area (Å²) in [6.07, 6.45) is 0.129. The fraction of sp³-hybridized carbons (Fsp3) is 0.400. The number of rotatable bonds is 10. The second kappa shape index (κ2) is 10.8. The first kappa shape index (κ1) is 23.3. The maximum Gasteiger partial charge on any atom is 0.407 e. The highest BCUT2D eigenvalue weighted by atomic mass is 16.5. The molecule has 1 aliphatic carbocycles. The molecule has 7 nitrogen and oxygen atoms in total. The molecule has 2 atom stereocenters. The first-order valence-corrected chi connectivity index (χ1v) is 11.0. The summed E-state index contributed by atoms with van der Waals surface area (Å²) in [4.78, 5) is 35.3. The average molecular weight is 439 g/mol. The first-order chi connectivity index (χ1) is 15.4. The van der Waals surface area contributed by atoms with Crippen LogP contribution in [0.3, 0.4) is 0 Å². The Hall–Kier alpha value is -3.35. The highest BCUT2D eigenvalue weighted by Crippen LogP contribution is 2.44. The maximum absolute atomic E-state index is 12.4. The van der Waals surface area contributed by atoms with Gasteiger partial charge in [0.05, 0.1) is 0 Å². The monoisotopic (exact) mass is 438 g/mol. The van der Waals surface area contributed by atoms with Crippen LogP contribution in [-0.4, -0.2) is 42.3 Å². The van der Waals surface area contributed by atoms with Crippen molar-refractivity contribution in [1.29, 1.82) is 0 Å². The number of carboxylic acids is 1. The van der Waals surface area contributed by atoms with Gasteiger partial charge in [0.25, 0.3) is 0 Å². The molecule has 2 aromatic carbocycles. The van der Waals surface area contributed by atoms with Crippen LogP contribution < -0.4 is 10.6 Å². The number of nitrogens with one attached hydrogen (secondary N) is 2. The van der Waals surface area contributed by atoms with E-state index in [1.165, 1.54) is 0 Å². The number of benzene rings is 2. The molecule has 0 aliphatic heterocycles. The number of ether oxygens (including phenoxy) is 1. The van der Waals surface area contributed by atoms with Crippen LogP contribution >= 0.6 is 0 Å². The highest BCUT2D eigenvalue weighted by Gasteiger charge is 2.29. The number of fused-ring (bicyclic) bond motifs is 3. The summed E-state index contributed by atoms with van der Waals surface area (Å²) in [6, 6.07) is 15.9. The molecule has 3 N–H and O–H groups in total. The third-order valence-corrected chi connectivity index (χ3v) is 5.76. The van der Waals surface area contributed by atoms with E-state index in [1.54, 1.807) is 6.92 Å². The molecule has 1 aliphatic rings. The van der Waals surface area contributed by atoms with Gasteiger partial charge in [0, 0.05) is 31.3 Å². The van der Waals surface area contributed by atoms with Crippen molar-refractivity contribution in [3.05, 3.63) is 59.7 Å². The normalized spacial score (nSPS) is 14.1. The second-order valence-corrected chi connectivity index (χ2v) is 8.29. The van der Waals surface area contributed by atoms with Crippen LogP contribution in [0, 0.1) is 5.92 Å². The van der Waals surface area contributed by atoms with Crippen LogP contribution in [0.2, 0.25) is 0 Å². The molecular formula is C25H30N2O5. The molecule has 0 saturated carbocycles. The van der Waals surface area contributed by atoms with E-state index in [9.17, 15) is 14.4 Å². The zero-order valence-electron chi connectivity index (χ0n) is 18.5. The van der Waals surface area contributed by atoms with Crippen LogP contribution in [0.4, 0.5) is 4.79 Å². The van der Waals surface area contributed by atoms with E-state index in [2.05, 4.69) is 34.9 Å². The lowest BCUT2D eigenvalue weighted by molar-refractivity contribution is -0.138. The van der Waals surface area contributed by atoms with Gasteiger partial charge in [0.2, 0.25) is 5.91 Å².